The molecule has 0 radical (unpaired) electrons. The van der Waals surface area contributed by atoms with Gasteiger partial charge in [-0.25, -0.2) is 0 Å². The van der Waals surface area contributed by atoms with Crippen LogP contribution in [0.3, 0.4) is 0 Å². The second-order valence-corrected chi connectivity index (χ2v) is 5.81. The van der Waals surface area contributed by atoms with Crippen molar-refractivity contribution >= 4 is 11.6 Å². The Labute approximate surface area is 120 Å². The van der Waals surface area contributed by atoms with E-state index in [1.165, 1.54) is 19.3 Å². The lowest BCUT2D eigenvalue weighted by Gasteiger charge is -2.26. The molecule has 19 heavy (non-hydrogen) atoms. The van der Waals surface area contributed by atoms with Gasteiger partial charge in [-0.15, -0.1) is 0 Å². The highest BCUT2D eigenvalue weighted by atomic mass is 35.5. The van der Waals surface area contributed by atoms with Gasteiger partial charge in [0.15, 0.2) is 11.5 Å². The summed E-state index contributed by atoms with van der Waals surface area (Å²) in [5, 5.41) is 0.606. The highest BCUT2D eigenvalue weighted by Crippen LogP contribution is 2.38. The molecule has 2 N–H and O–H groups in total. The second kappa shape index (κ2) is 6.49. The first-order chi connectivity index (χ1) is 9.10. The zero-order valence-electron chi connectivity index (χ0n) is 11.6. The van der Waals surface area contributed by atoms with E-state index in [0.717, 1.165) is 18.6 Å². The Hall–Kier alpha value is -0.930. The first kappa shape index (κ1) is 14.5. The molecule has 0 amide bonds. The molecule has 1 saturated carbocycles. The molecule has 1 aromatic carbocycles. The molecule has 0 heterocycles. The van der Waals surface area contributed by atoms with E-state index in [2.05, 4.69) is 0 Å². The molecule has 1 fully saturated rings. The van der Waals surface area contributed by atoms with Crippen LogP contribution in [-0.4, -0.2) is 19.8 Å². The molecular weight excluding hydrogens is 262 g/mol. The van der Waals surface area contributed by atoms with E-state index in [0.29, 0.717) is 22.4 Å². The Kier molecular flexibility index (Phi) is 4.94. The lowest BCUT2D eigenvalue weighted by molar-refractivity contribution is 0.176. The quantitative estimate of drug-likeness (QED) is 0.870. The number of hydrogen-bond donors (Lipinski definition) is 1. The van der Waals surface area contributed by atoms with E-state index in [-0.39, 0.29) is 6.04 Å². The van der Waals surface area contributed by atoms with Gasteiger partial charge in [-0.05, 0) is 49.8 Å². The van der Waals surface area contributed by atoms with Crippen molar-refractivity contribution in [3.63, 3.8) is 0 Å². The molecule has 1 aromatic rings. The highest BCUT2D eigenvalue weighted by molar-refractivity contribution is 6.32. The van der Waals surface area contributed by atoms with E-state index < -0.39 is 0 Å². The minimum atomic E-state index is 0.0996. The summed E-state index contributed by atoms with van der Waals surface area (Å²) in [6.45, 7) is 2.70. The van der Waals surface area contributed by atoms with Gasteiger partial charge in [-0.2, -0.15) is 0 Å². The maximum absolute atomic E-state index is 6.30. The van der Waals surface area contributed by atoms with Gasteiger partial charge in [-0.3, -0.25) is 0 Å². The van der Waals surface area contributed by atoms with Crippen molar-refractivity contribution in [3.05, 3.63) is 22.7 Å². The number of ether oxygens (including phenoxy) is 2. The summed E-state index contributed by atoms with van der Waals surface area (Å²) in [7, 11) is 1.64. The van der Waals surface area contributed by atoms with E-state index in [9.17, 15) is 0 Å². The number of nitrogens with two attached hydrogens (primary N) is 1. The van der Waals surface area contributed by atoms with Crippen LogP contribution in [0.4, 0.5) is 0 Å². The maximum Gasteiger partial charge on any atom is 0.179 e. The van der Waals surface area contributed by atoms with E-state index in [1.54, 1.807) is 7.11 Å². The molecule has 0 bridgehead atoms. The molecule has 3 nitrogen and oxygen atoms in total. The zero-order chi connectivity index (χ0) is 13.8. The van der Waals surface area contributed by atoms with Crippen LogP contribution in [0.1, 0.15) is 31.7 Å². The van der Waals surface area contributed by atoms with Gasteiger partial charge in [0.25, 0.3) is 0 Å². The molecule has 0 spiro atoms. The fourth-order valence-corrected chi connectivity index (χ4v) is 2.55. The van der Waals surface area contributed by atoms with Gasteiger partial charge >= 0.3 is 0 Å². The monoisotopic (exact) mass is 283 g/mol. The predicted molar refractivity (Wildman–Crippen MR) is 78.2 cm³/mol. The van der Waals surface area contributed by atoms with Gasteiger partial charge < -0.3 is 15.2 Å². The first-order valence-electron chi connectivity index (χ1n) is 6.85. The van der Waals surface area contributed by atoms with Crippen LogP contribution >= 0.6 is 11.6 Å². The summed E-state index contributed by atoms with van der Waals surface area (Å²) in [5.41, 5.74) is 6.89. The Morgan fingerprint density at radius 2 is 2.16 bits per heavy atom. The van der Waals surface area contributed by atoms with Crippen LogP contribution in [0.2, 0.25) is 5.02 Å². The van der Waals surface area contributed by atoms with Crippen molar-refractivity contribution < 1.29 is 9.47 Å². The molecule has 1 unspecified atom stereocenters. The molecule has 0 saturated heterocycles. The van der Waals surface area contributed by atoms with E-state index in [1.807, 2.05) is 19.1 Å². The predicted octanol–water partition coefficient (Wildman–Crippen LogP) is 3.42. The molecule has 4 heteroatoms. The fourth-order valence-electron chi connectivity index (χ4n) is 2.26. The molecule has 0 aromatic heterocycles. The average Bonchev–Trinajstić information content (AvgIpc) is 2.28. The molecule has 1 aliphatic rings. The van der Waals surface area contributed by atoms with Crippen molar-refractivity contribution in [2.75, 3.05) is 13.7 Å². The van der Waals surface area contributed by atoms with Crippen LogP contribution in [0.25, 0.3) is 0 Å². The SMILES string of the molecule is COc1cc(CC(C)N)cc(Cl)c1OCC1CCC1. The highest BCUT2D eigenvalue weighted by Gasteiger charge is 2.20. The van der Waals surface area contributed by atoms with Crippen molar-refractivity contribution in [2.45, 2.75) is 38.6 Å². The van der Waals surface area contributed by atoms with Gasteiger partial charge in [0.05, 0.1) is 18.7 Å². The summed E-state index contributed by atoms with van der Waals surface area (Å²) >= 11 is 6.30. The molecule has 106 valence electrons. The Morgan fingerprint density at radius 1 is 1.42 bits per heavy atom. The van der Waals surface area contributed by atoms with Crippen molar-refractivity contribution in [3.8, 4) is 11.5 Å². The van der Waals surface area contributed by atoms with Crippen molar-refractivity contribution in [2.24, 2.45) is 11.7 Å². The van der Waals surface area contributed by atoms with Gasteiger partial charge in [0, 0.05) is 6.04 Å². The Morgan fingerprint density at radius 3 is 2.68 bits per heavy atom. The van der Waals surface area contributed by atoms with Crippen LogP contribution in [-0.2, 0) is 6.42 Å². The van der Waals surface area contributed by atoms with Crippen LogP contribution in [0.15, 0.2) is 12.1 Å². The van der Waals surface area contributed by atoms with Gasteiger partial charge in [0.2, 0.25) is 0 Å². The third-order valence-electron chi connectivity index (χ3n) is 3.54. The van der Waals surface area contributed by atoms with E-state index in [4.69, 9.17) is 26.8 Å². The summed E-state index contributed by atoms with van der Waals surface area (Å²) in [6, 6.07) is 3.98. The number of halogens is 1. The number of methoxy groups -OCH3 is 1. The van der Waals surface area contributed by atoms with Gasteiger partial charge in [-0.1, -0.05) is 18.0 Å². The number of rotatable bonds is 6. The summed E-state index contributed by atoms with van der Waals surface area (Å²) in [6.07, 6.45) is 4.59. The third kappa shape index (κ3) is 3.77. The van der Waals surface area contributed by atoms with Crippen LogP contribution < -0.4 is 15.2 Å². The fraction of sp³-hybridized carbons (Fsp3) is 0.600. The minimum absolute atomic E-state index is 0.0996. The van der Waals surface area contributed by atoms with Crippen molar-refractivity contribution in [1.82, 2.24) is 0 Å². The lowest BCUT2D eigenvalue weighted by atomic mass is 9.86. The third-order valence-corrected chi connectivity index (χ3v) is 3.82. The van der Waals surface area contributed by atoms with E-state index >= 15 is 0 Å². The smallest absolute Gasteiger partial charge is 0.179 e. The molecule has 1 atom stereocenters. The molecule has 2 rings (SSSR count). The summed E-state index contributed by atoms with van der Waals surface area (Å²) < 4.78 is 11.2. The number of benzene rings is 1. The largest absolute Gasteiger partial charge is 0.493 e. The molecule has 0 aliphatic heterocycles. The number of hydrogen-bond acceptors (Lipinski definition) is 3. The topological polar surface area (TPSA) is 44.5 Å². The zero-order valence-corrected chi connectivity index (χ0v) is 12.4. The minimum Gasteiger partial charge on any atom is -0.493 e. The average molecular weight is 284 g/mol. The second-order valence-electron chi connectivity index (χ2n) is 5.40. The normalized spacial score (nSPS) is 16.8. The summed E-state index contributed by atoms with van der Waals surface area (Å²) in [4.78, 5) is 0. The van der Waals surface area contributed by atoms with Crippen LogP contribution in [0, 0.1) is 5.92 Å². The van der Waals surface area contributed by atoms with Crippen LogP contribution in [0.5, 0.6) is 11.5 Å². The lowest BCUT2D eigenvalue weighted by Crippen LogP contribution is -2.20. The van der Waals surface area contributed by atoms with Gasteiger partial charge in [0.1, 0.15) is 0 Å². The Bertz CT molecular complexity index is 430. The Balaban J connectivity index is 2.11. The maximum atomic E-state index is 6.30. The summed E-state index contributed by atoms with van der Waals surface area (Å²) in [5.74, 6) is 2.02. The molecular formula is C15H22ClNO2. The molecule has 1 aliphatic carbocycles. The first-order valence-corrected chi connectivity index (χ1v) is 7.22. The van der Waals surface area contributed by atoms with Crippen molar-refractivity contribution in [1.29, 1.82) is 0 Å². The standard InChI is InChI=1S/C15H22ClNO2/c1-10(17)6-12-7-13(16)15(14(8-12)18-2)19-9-11-4-3-5-11/h7-8,10-11H,3-6,9,17H2,1-2H3.